The van der Waals surface area contributed by atoms with Crippen LogP contribution in [0.3, 0.4) is 0 Å². The van der Waals surface area contributed by atoms with E-state index in [0.717, 1.165) is 32.5 Å². The molecule has 0 spiro atoms. The maximum atomic E-state index is 13.9. The number of halogens is 1. The van der Waals surface area contributed by atoms with Crippen molar-refractivity contribution in [1.29, 1.82) is 0 Å². The van der Waals surface area contributed by atoms with Gasteiger partial charge in [-0.1, -0.05) is 0 Å². The maximum absolute atomic E-state index is 13.9. The topological polar surface area (TPSA) is 41.6 Å². The third-order valence-corrected chi connectivity index (χ3v) is 4.38. The molecule has 0 aliphatic carbocycles. The molecule has 0 aromatic heterocycles. The minimum Gasteiger partial charge on any atom is -0.465 e. The van der Waals surface area contributed by atoms with Gasteiger partial charge in [-0.05, 0) is 50.0 Å². The number of nitrogens with zero attached hydrogens (tertiary/aromatic N) is 1. The van der Waals surface area contributed by atoms with Crippen LogP contribution in [-0.2, 0) is 4.74 Å². The van der Waals surface area contributed by atoms with E-state index < -0.39 is 5.97 Å². The van der Waals surface area contributed by atoms with Gasteiger partial charge in [-0.3, -0.25) is 0 Å². The highest BCUT2D eigenvalue weighted by Crippen LogP contribution is 2.30. The first-order valence-electron chi connectivity index (χ1n) is 7.04. The number of piperidine rings is 3. The maximum Gasteiger partial charge on any atom is 0.337 e. The first kappa shape index (κ1) is 13.4. The Labute approximate surface area is 117 Å². The zero-order chi connectivity index (χ0) is 14.1. The number of hydrogen-bond acceptors (Lipinski definition) is 4. The van der Waals surface area contributed by atoms with E-state index in [1.165, 1.54) is 19.2 Å². The number of carbonyl (C=O) groups excluding carboxylic acids is 1. The molecule has 1 aromatic rings. The van der Waals surface area contributed by atoms with Crippen molar-refractivity contribution in [3.63, 3.8) is 0 Å². The van der Waals surface area contributed by atoms with E-state index in [-0.39, 0.29) is 11.9 Å². The molecule has 1 aromatic carbocycles. The Morgan fingerprint density at radius 2 is 2.15 bits per heavy atom. The number of nitrogens with one attached hydrogen (secondary N) is 1. The second kappa shape index (κ2) is 5.40. The molecule has 0 radical (unpaired) electrons. The molecule has 4 rings (SSSR count). The lowest BCUT2D eigenvalue weighted by molar-refractivity contribution is 0.0600. The number of esters is 1. The summed E-state index contributed by atoms with van der Waals surface area (Å²) in [6, 6.07) is 4.57. The molecule has 3 aliphatic rings. The quantitative estimate of drug-likeness (QED) is 0.860. The van der Waals surface area contributed by atoms with Crippen molar-refractivity contribution in [1.82, 2.24) is 4.90 Å². The van der Waals surface area contributed by atoms with Crippen molar-refractivity contribution in [3.8, 4) is 0 Å². The van der Waals surface area contributed by atoms with Crippen LogP contribution in [0.4, 0.5) is 10.1 Å². The minimum absolute atomic E-state index is 0.264. The molecule has 5 heteroatoms. The van der Waals surface area contributed by atoms with E-state index in [0.29, 0.717) is 17.2 Å². The monoisotopic (exact) mass is 278 g/mol. The lowest BCUT2D eigenvalue weighted by Gasteiger charge is -2.45. The van der Waals surface area contributed by atoms with Crippen LogP contribution in [0.2, 0.25) is 0 Å². The molecular formula is C15H19FN2O2. The SMILES string of the molecule is COC(=O)c1ccc(F)c(NC2CN3CCC2CC3)c1. The molecule has 1 unspecified atom stereocenters. The van der Waals surface area contributed by atoms with Crippen LogP contribution in [0.25, 0.3) is 0 Å². The van der Waals surface area contributed by atoms with E-state index in [1.807, 2.05) is 0 Å². The average molecular weight is 278 g/mol. The average Bonchev–Trinajstić information content (AvgIpc) is 2.50. The predicted octanol–water partition coefficient (Wildman–Crippen LogP) is 2.12. The van der Waals surface area contributed by atoms with Crippen LogP contribution < -0.4 is 5.32 Å². The van der Waals surface area contributed by atoms with Gasteiger partial charge in [0, 0.05) is 12.6 Å². The number of ether oxygens (including phenoxy) is 1. The van der Waals surface area contributed by atoms with Gasteiger partial charge in [0.1, 0.15) is 5.82 Å². The van der Waals surface area contributed by atoms with Crippen LogP contribution in [-0.4, -0.2) is 43.7 Å². The van der Waals surface area contributed by atoms with Crippen molar-refractivity contribution in [3.05, 3.63) is 29.6 Å². The molecule has 4 nitrogen and oxygen atoms in total. The standard InChI is InChI=1S/C15H19FN2O2/c1-20-15(19)11-2-3-12(16)13(8-11)17-14-9-18-6-4-10(14)5-7-18/h2-3,8,10,14,17H,4-7,9H2,1H3. The van der Waals surface area contributed by atoms with Crippen molar-refractivity contribution < 1.29 is 13.9 Å². The number of methoxy groups -OCH3 is 1. The fourth-order valence-corrected chi connectivity index (χ4v) is 3.21. The van der Waals surface area contributed by atoms with Gasteiger partial charge in [0.15, 0.2) is 0 Å². The van der Waals surface area contributed by atoms with Crippen LogP contribution in [0, 0.1) is 11.7 Å². The highest BCUT2D eigenvalue weighted by Gasteiger charge is 2.34. The Morgan fingerprint density at radius 1 is 1.40 bits per heavy atom. The van der Waals surface area contributed by atoms with Gasteiger partial charge >= 0.3 is 5.97 Å². The van der Waals surface area contributed by atoms with Gasteiger partial charge in [-0.25, -0.2) is 9.18 Å². The van der Waals surface area contributed by atoms with Crippen LogP contribution in [0.15, 0.2) is 18.2 Å². The van der Waals surface area contributed by atoms with Crippen LogP contribution >= 0.6 is 0 Å². The lowest BCUT2D eigenvalue weighted by atomic mass is 9.84. The van der Waals surface area contributed by atoms with E-state index in [1.54, 1.807) is 6.07 Å². The second-order valence-electron chi connectivity index (χ2n) is 5.58. The highest BCUT2D eigenvalue weighted by molar-refractivity contribution is 5.90. The van der Waals surface area contributed by atoms with Gasteiger partial charge in [0.05, 0.1) is 18.4 Å². The smallest absolute Gasteiger partial charge is 0.337 e. The summed E-state index contributed by atoms with van der Waals surface area (Å²) in [5.41, 5.74) is 0.768. The summed E-state index contributed by atoms with van der Waals surface area (Å²) in [6.45, 7) is 3.24. The number of carbonyl (C=O) groups is 1. The molecule has 1 N–H and O–H groups in total. The van der Waals surface area contributed by atoms with Gasteiger partial charge in [0.2, 0.25) is 0 Å². The van der Waals surface area contributed by atoms with Gasteiger partial charge in [-0.15, -0.1) is 0 Å². The summed E-state index contributed by atoms with van der Waals surface area (Å²) in [7, 11) is 1.33. The Balaban J connectivity index is 1.78. The molecule has 20 heavy (non-hydrogen) atoms. The summed E-state index contributed by atoms with van der Waals surface area (Å²) in [6.07, 6.45) is 2.33. The van der Waals surface area contributed by atoms with Crippen molar-refractivity contribution in [2.45, 2.75) is 18.9 Å². The van der Waals surface area contributed by atoms with Crippen molar-refractivity contribution in [2.24, 2.45) is 5.92 Å². The summed E-state index contributed by atoms with van der Waals surface area (Å²) in [5.74, 6) is -0.169. The van der Waals surface area contributed by atoms with E-state index in [4.69, 9.17) is 0 Å². The van der Waals surface area contributed by atoms with E-state index in [9.17, 15) is 9.18 Å². The molecule has 3 fully saturated rings. The molecule has 3 saturated heterocycles. The molecule has 108 valence electrons. The number of hydrogen-bond donors (Lipinski definition) is 1. The first-order valence-corrected chi connectivity index (χ1v) is 7.04. The number of rotatable bonds is 3. The van der Waals surface area contributed by atoms with Crippen molar-refractivity contribution >= 4 is 11.7 Å². The summed E-state index contributed by atoms with van der Waals surface area (Å²) >= 11 is 0. The van der Waals surface area contributed by atoms with E-state index >= 15 is 0 Å². The molecule has 3 heterocycles. The number of benzene rings is 1. The first-order chi connectivity index (χ1) is 9.67. The summed E-state index contributed by atoms with van der Waals surface area (Å²) in [5, 5.41) is 3.28. The van der Waals surface area contributed by atoms with Crippen LogP contribution in [0.5, 0.6) is 0 Å². The largest absolute Gasteiger partial charge is 0.465 e. The third kappa shape index (κ3) is 2.50. The fraction of sp³-hybridized carbons (Fsp3) is 0.533. The van der Waals surface area contributed by atoms with Gasteiger partial charge in [0.25, 0.3) is 0 Å². The molecular weight excluding hydrogens is 259 g/mol. The Hall–Kier alpha value is -1.62. The third-order valence-electron chi connectivity index (χ3n) is 4.38. The Morgan fingerprint density at radius 3 is 2.75 bits per heavy atom. The number of anilines is 1. The highest BCUT2D eigenvalue weighted by atomic mass is 19.1. The predicted molar refractivity (Wildman–Crippen MR) is 74.3 cm³/mol. The Kier molecular flexibility index (Phi) is 3.61. The van der Waals surface area contributed by atoms with Crippen LogP contribution in [0.1, 0.15) is 23.2 Å². The lowest BCUT2D eigenvalue weighted by Crippen LogP contribution is -2.53. The van der Waals surface area contributed by atoms with Gasteiger partial charge in [-0.2, -0.15) is 0 Å². The number of fused-ring (bicyclic) bond motifs is 3. The van der Waals surface area contributed by atoms with E-state index in [2.05, 4.69) is 15.0 Å². The fourth-order valence-electron chi connectivity index (χ4n) is 3.21. The molecule has 2 bridgehead atoms. The summed E-state index contributed by atoms with van der Waals surface area (Å²) < 4.78 is 18.6. The molecule has 1 atom stereocenters. The van der Waals surface area contributed by atoms with Gasteiger partial charge < -0.3 is 15.0 Å². The normalized spacial score (nSPS) is 28.2. The van der Waals surface area contributed by atoms with Crippen molar-refractivity contribution in [2.75, 3.05) is 32.1 Å². The summed E-state index contributed by atoms with van der Waals surface area (Å²) in [4.78, 5) is 13.9. The molecule has 0 saturated carbocycles. The second-order valence-corrected chi connectivity index (χ2v) is 5.58. The minimum atomic E-state index is -0.443. The zero-order valence-electron chi connectivity index (χ0n) is 11.6. The molecule has 0 amide bonds. The Bertz CT molecular complexity index is 513. The molecule has 3 aliphatic heterocycles. The zero-order valence-corrected chi connectivity index (χ0v) is 11.6.